The first-order valence-corrected chi connectivity index (χ1v) is 4.82. The maximum absolute atomic E-state index is 6.17. The van der Waals surface area contributed by atoms with Gasteiger partial charge in [0.1, 0.15) is 0 Å². The average Bonchev–Trinajstić information content (AvgIpc) is 2.13. The zero-order valence-electron chi connectivity index (χ0n) is 8.47. The second-order valence-electron chi connectivity index (χ2n) is 3.42. The van der Waals surface area contributed by atoms with E-state index in [0.29, 0.717) is 0 Å². The van der Waals surface area contributed by atoms with Crippen LogP contribution in [0.25, 0.3) is 0 Å². The average molecular weight is 211 g/mol. The number of nitrogens with two attached hydrogens (primary N) is 1. The number of rotatable bonds is 3. The number of benzene rings is 1. The molecule has 0 aliphatic heterocycles. The number of nitrogens with one attached hydrogen (secondary N) is 1. The molecule has 0 aliphatic rings. The summed E-state index contributed by atoms with van der Waals surface area (Å²) in [7, 11) is 0. The van der Waals surface area contributed by atoms with E-state index in [1.807, 2.05) is 32.0 Å². The quantitative estimate of drug-likeness (QED) is 0.458. The Morgan fingerprint density at radius 2 is 2.21 bits per heavy atom. The maximum atomic E-state index is 6.17. The van der Waals surface area contributed by atoms with Crippen LogP contribution in [0.2, 0.25) is 5.02 Å². The Morgan fingerprint density at radius 3 is 2.71 bits per heavy atom. The Hall–Kier alpha value is -0.830. The lowest BCUT2D eigenvalue weighted by atomic mass is 10.00. The molecule has 0 bridgehead atoms. The minimum Gasteiger partial charge on any atom is -0.271 e. The van der Waals surface area contributed by atoms with E-state index in [9.17, 15) is 0 Å². The summed E-state index contributed by atoms with van der Waals surface area (Å²) < 4.78 is 0. The smallest absolute Gasteiger partial charge is 0.0679 e. The van der Waals surface area contributed by atoms with Gasteiger partial charge in [0.15, 0.2) is 0 Å². The van der Waals surface area contributed by atoms with Crippen LogP contribution in [-0.4, -0.2) is 0 Å². The molecule has 0 fully saturated rings. The van der Waals surface area contributed by atoms with Crippen molar-refractivity contribution in [3.63, 3.8) is 0 Å². The van der Waals surface area contributed by atoms with Gasteiger partial charge in [0.05, 0.1) is 6.04 Å². The fourth-order valence-electron chi connectivity index (χ4n) is 1.39. The number of halogens is 1. The van der Waals surface area contributed by atoms with Crippen LogP contribution >= 0.6 is 11.6 Å². The van der Waals surface area contributed by atoms with Crippen LogP contribution in [0.15, 0.2) is 30.4 Å². The molecule has 14 heavy (non-hydrogen) atoms. The fraction of sp³-hybridized carbons (Fsp3) is 0.273. The largest absolute Gasteiger partial charge is 0.271 e. The van der Waals surface area contributed by atoms with Gasteiger partial charge in [-0.1, -0.05) is 42.0 Å². The fourth-order valence-corrected chi connectivity index (χ4v) is 1.63. The molecule has 0 heterocycles. The summed E-state index contributed by atoms with van der Waals surface area (Å²) in [5, 5.41) is 0.749. The summed E-state index contributed by atoms with van der Waals surface area (Å²) in [5.74, 6) is 5.46. The highest BCUT2D eigenvalue weighted by Crippen LogP contribution is 2.28. The van der Waals surface area contributed by atoms with Crippen molar-refractivity contribution in [3.05, 3.63) is 46.5 Å². The highest BCUT2D eigenvalue weighted by atomic mass is 35.5. The second kappa shape index (κ2) is 4.60. The van der Waals surface area contributed by atoms with E-state index >= 15 is 0 Å². The Balaban J connectivity index is 3.16. The van der Waals surface area contributed by atoms with Gasteiger partial charge in [0.25, 0.3) is 0 Å². The Bertz CT molecular complexity index is 347. The molecule has 1 aromatic rings. The molecule has 0 saturated carbocycles. The zero-order valence-corrected chi connectivity index (χ0v) is 9.23. The summed E-state index contributed by atoms with van der Waals surface area (Å²) in [4.78, 5) is 0. The molecule has 1 aromatic carbocycles. The molecule has 1 atom stereocenters. The van der Waals surface area contributed by atoms with Crippen LogP contribution in [0.5, 0.6) is 0 Å². The molecular formula is C11H15ClN2. The Morgan fingerprint density at radius 1 is 1.57 bits per heavy atom. The monoisotopic (exact) mass is 210 g/mol. The molecule has 3 heteroatoms. The van der Waals surface area contributed by atoms with E-state index in [-0.39, 0.29) is 6.04 Å². The number of hydrogen-bond acceptors (Lipinski definition) is 2. The van der Waals surface area contributed by atoms with E-state index in [4.69, 9.17) is 17.4 Å². The molecule has 0 spiro atoms. The number of hydrogen-bond donors (Lipinski definition) is 2. The topological polar surface area (TPSA) is 38.0 Å². The Kier molecular flexibility index (Phi) is 3.69. The lowest BCUT2D eigenvalue weighted by molar-refractivity contribution is 0.627. The van der Waals surface area contributed by atoms with Crippen LogP contribution in [0, 0.1) is 6.92 Å². The van der Waals surface area contributed by atoms with E-state index in [0.717, 1.165) is 21.7 Å². The molecule has 76 valence electrons. The van der Waals surface area contributed by atoms with E-state index in [1.54, 1.807) is 0 Å². The van der Waals surface area contributed by atoms with E-state index < -0.39 is 0 Å². The van der Waals surface area contributed by atoms with Crippen molar-refractivity contribution in [2.75, 3.05) is 0 Å². The first-order valence-electron chi connectivity index (χ1n) is 4.44. The van der Waals surface area contributed by atoms with Crippen molar-refractivity contribution in [3.8, 4) is 0 Å². The first kappa shape index (κ1) is 11.2. The van der Waals surface area contributed by atoms with Gasteiger partial charge in [-0.3, -0.25) is 5.84 Å². The van der Waals surface area contributed by atoms with Crippen LogP contribution < -0.4 is 11.3 Å². The normalized spacial score (nSPS) is 12.6. The van der Waals surface area contributed by atoms with E-state index in [1.165, 1.54) is 0 Å². The number of hydrazine groups is 1. The van der Waals surface area contributed by atoms with Crippen LogP contribution in [0.3, 0.4) is 0 Å². The SMILES string of the molecule is C=C(C)C(NN)c1cccc(C)c1Cl. The molecule has 1 rings (SSSR count). The summed E-state index contributed by atoms with van der Waals surface area (Å²) in [6.45, 7) is 7.76. The van der Waals surface area contributed by atoms with Crippen molar-refractivity contribution in [1.82, 2.24) is 5.43 Å². The van der Waals surface area contributed by atoms with Gasteiger partial charge in [-0.05, 0) is 25.0 Å². The molecular weight excluding hydrogens is 196 g/mol. The van der Waals surface area contributed by atoms with Gasteiger partial charge in [-0.15, -0.1) is 0 Å². The highest BCUT2D eigenvalue weighted by molar-refractivity contribution is 6.32. The maximum Gasteiger partial charge on any atom is 0.0679 e. The molecule has 0 aliphatic carbocycles. The molecule has 2 nitrogen and oxygen atoms in total. The van der Waals surface area contributed by atoms with Gasteiger partial charge in [-0.25, -0.2) is 5.43 Å². The van der Waals surface area contributed by atoms with Crippen molar-refractivity contribution in [1.29, 1.82) is 0 Å². The molecule has 3 N–H and O–H groups in total. The minimum atomic E-state index is -0.0811. The van der Waals surface area contributed by atoms with Crippen LogP contribution in [0.4, 0.5) is 0 Å². The summed E-state index contributed by atoms with van der Waals surface area (Å²) in [6.07, 6.45) is 0. The van der Waals surface area contributed by atoms with Crippen molar-refractivity contribution in [2.24, 2.45) is 5.84 Å². The van der Waals surface area contributed by atoms with Crippen LogP contribution in [-0.2, 0) is 0 Å². The minimum absolute atomic E-state index is 0.0811. The van der Waals surface area contributed by atoms with Gasteiger partial charge in [0.2, 0.25) is 0 Å². The molecule has 1 unspecified atom stereocenters. The standard InChI is InChI=1S/C11H15ClN2/c1-7(2)11(14-13)9-6-4-5-8(3)10(9)12/h4-6,11,14H,1,13H2,2-3H3. The Labute approximate surface area is 89.7 Å². The van der Waals surface area contributed by atoms with Crippen molar-refractivity contribution < 1.29 is 0 Å². The second-order valence-corrected chi connectivity index (χ2v) is 3.80. The third-order valence-corrected chi connectivity index (χ3v) is 2.71. The molecule has 0 saturated heterocycles. The molecule has 0 aromatic heterocycles. The number of aryl methyl sites for hydroxylation is 1. The lowest BCUT2D eigenvalue weighted by Gasteiger charge is -2.18. The molecule has 0 radical (unpaired) electrons. The highest BCUT2D eigenvalue weighted by Gasteiger charge is 2.14. The van der Waals surface area contributed by atoms with Gasteiger partial charge in [-0.2, -0.15) is 0 Å². The summed E-state index contributed by atoms with van der Waals surface area (Å²) in [6, 6.07) is 5.80. The zero-order chi connectivity index (χ0) is 10.7. The van der Waals surface area contributed by atoms with Crippen molar-refractivity contribution in [2.45, 2.75) is 19.9 Å². The van der Waals surface area contributed by atoms with Crippen molar-refractivity contribution >= 4 is 11.6 Å². The van der Waals surface area contributed by atoms with E-state index in [2.05, 4.69) is 12.0 Å². The predicted octanol–water partition coefficient (Wildman–Crippen LogP) is 2.73. The van der Waals surface area contributed by atoms with Crippen LogP contribution in [0.1, 0.15) is 24.1 Å². The van der Waals surface area contributed by atoms with Gasteiger partial charge >= 0.3 is 0 Å². The van der Waals surface area contributed by atoms with Gasteiger partial charge in [0, 0.05) is 5.02 Å². The summed E-state index contributed by atoms with van der Waals surface area (Å²) in [5.41, 5.74) is 5.67. The molecule has 0 amide bonds. The van der Waals surface area contributed by atoms with Gasteiger partial charge < -0.3 is 0 Å². The third-order valence-electron chi connectivity index (χ3n) is 2.19. The third kappa shape index (κ3) is 2.15. The summed E-state index contributed by atoms with van der Waals surface area (Å²) >= 11 is 6.17. The predicted molar refractivity (Wildman–Crippen MR) is 61.1 cm³/mol. The first-order chi connectivity index (χ1) is 6.57. The lowest BCUT2D eigenvalue weighted by Crippen LogP contribution is -2.28.